The molecule has 0 saturated heterocycles. The first kappa shape index (κ1) is 11.9. The van der Waals surface area contributed by atoms with Gasteiger partial charge in [-0.3, -0.25) is 0 Å². The average molecular weight is 172 g/mol. The third-order valence-electron chi connectivity index (χ3n) is 2.25. The van der Waals surface area contributed by atoms with E-state index in [1.54, 1.807) is 0 Å². The lowest BCUT2D eigenvalue weighted by Gasteiger charge is -2.34. The first-order chi connectivity index (χ1) is 5.33. The second-order valence-corrected chi connectivity index (χ2v) is 5.01. The predicted molar refractivity (Wildman–Crippen MR) is 55.5 cm³/mol. The van der Waals surface area contributed by atoms with Crippen LogP contribution in [0.4, 0.5) is 0 Å². The van der Waals surface area contributed by atoms with Gasteiger partial charge >= 0.3 is 0 Å². The van der Waals surface area contributed by atoms with Crippen molar-refractivity contribution in [3.05, 3.63) is 0 Å². The standard InChI is InChI=1S/C10H24N2/c1-9(2,8-11-5)7-10(3,4)12-6/h11-12H,7-8H2,1-6H3. The molecular formula is C10H24N2. The van der Waals surface area contributed by atoms with Crippen molar-refractivity contribution in [1.29, 1.82) is 0 Å². The average Bonchev–Trinajstić information content (AvgIpc) is 1.85. The lowest BCUT2D eigenvalue weighted by atomic mass is 9.80. The van der Waals surface area contributed by atoms with Gasteiger partial charge in [-0.1, -0.05) is 13.8 Å². The van der Waals surface area contributed by atoms with Gasteiger partial charge in [0.25, 0.3) is 0 Å². The van der Waals surface area contributed by atoms with E-state index in [-0.39, 0.29) is 5.54 Å². The van der Waals surface area contributed by atoms with Gasteiger partial charge in [-0.15, -0.1) is 0 Å². The number of hydrogen-bond donors (Lipinski definition) is 2. The monoisotopic (exact) mass is 172 g/mol. The van der Waals surface area contributed by atoms with Crippen molar-refractivity contribution in [2.45, 2.75) is 39.7 Å². The van der Waals surface area contributed by atoms with E-state index in [2.05, 4.69) is 38.3 Å². The van der Waals surface area contributed by atoms with Gasteiger partial charge in [0.05, 0.1) is 0 Å². The minimum absolute atomic E-state index is 0.236. The molecule has 12 heavy (non-hydrogen) atoms. The van der Waals surface area contributed by atoms with Gasteiger partial charge in [0.15, 0.2) is 0 Å². The Morgan fingerprint density at radius 3 is 1.83 bits per heavy atom. The van der Waals surface area contributed by atoms with E-state index in [9.17, 15) is 0 Å². The molecule has 0 aliphatic rings. The van der Waals surface area contributed by atoms with E-state index >= 15 is 0 Å². The summed E-state index contributed by atoms with van der Waals surface area (Å²) >= 11 is 0. The molecule has 0 atom stereocenters. The van der Waals surface area contributed by atoms with Gasteiger partial charge in [0.1, 0.15) is 0 Å². The Labute approximate surface area is 77.1 Å². The van der Waals surface area contributed by atoms with Gasteiger partial charge in [0.2, 0.25) is 0 Å². The molecule has 0 radical (unpaired) electrons. The lowest BCUT2D eigenvalue weighted by Crippen LogP contribution is -2.43. The first-order valence-electron chi connectivity index (χ1n) is 4.66. The predicted octanol–water partition coefficient (Wildman–Crippen LogP) is 1.62. The van der Waals surface area contributed by atoms with E-state index in [0.29, 0.717) is 5.41 Å². The normalized spacial score (nSPS) is 13.5. The highest BCUT2D eigenvalue weighted by atomic mass is 14.9. The fourth-order valence-corrected chi connectivity index (χ4v) is 1.83. The molecule has 0 aliphatic carbocycles. The lowest BCUT2D eigenvalue weighted by molar-refractivity contribution is 0.228. The highest BCUT2D eigenvalue weighted by Gasteiger charge is 2.26. The van der Waals surface area contributed by atoms with E-state index in [1.165, 1.54) is 6.42 Å². The van der Waals surface area contributed by atoms with Gasteiger partial charge in [0, 0.05) is 12.1 Å². The maximum atomic E-state index is 3.33. The summed E-state index contributed by atoms with van der Waals surface area (Å²) in [4.78, 5) is 0. The molecule has 0 heterocycles. The molecule has 2 nitrogen and oxygen atoms in total. The number of rotatable bonds is 5. The SMILES string of the molecule is CNCC(C)(C)CC(C)(C)NC. The summed E-state index contributed by atoms with van der Waals surface area (Å²) in [5.41, 5.74) is 0.599. The summed E-state index contributed by atoms with van der Waals surface area (Å²) in [6, 6.07) is 0. The zero-order chi connectivity index (χ0) is 9.83. The maximum Gasteiger partial charge on any atom is 0.0127 e. The van der Waals surface area contributed by atoms with E-state index in [0.717, 1.165) is 6.54 Å². The molecule has 0 aromatic rings. The summed E-state index contributed by atoms with van der Waals surface area (Å²) in [5.74, 6) is 0. The van der Waals surface area contributed by atoms with Gasteiger partial charge in [-0.05, 0) is 39.8 Å². The van der Waals surface area contributed by atoms with Crippen LogP contribution in [0, 0.1) is 5.41 Å². The molecule has 0 aromatic carbocycles. The molecule has 0 aliphatic heterocycles. The van der Waals surface area contributed by atoms with Crippen LogP contribution < -0.4 is 10.6 Å². The van der Waals surface area contributed by atoms with E-state index in [1.807, 2.05) is 14.1 Å². The largest absolute Gasteiger partial charge is 0.319 e. The molecule has 0 rings (SSSR count). The smallest absolute Gasteiger partial charge is 0.0127 e. The van der Waals surface area contributed by atoms with Crippen LogP contribution >= 0.6 is 0 Å². The molecular weight excluding hydrogens is 148 g/mol. The Bertz CT molecular complexity index is 128. The van der Waals surface area contributed by atoms with Crippen LogP contribution in [-0.4, -0.2) is 26.2 Å². The Balaban J connectivity index is 4.04. The van der Waals surface area contributed by atoms with Crippen molar-refractivity contribution in [2.75, 3.05) is 20.6 Å². The minimum Gasteiger partial charge on any atom is -0.319 e. The van der Waals surface area contributed by atoms with Crippen molar-refractivity contribution in [1.82, 2.24) is 10.6 Å². The topological polar surface area (TPSA) is 24.1 Å². The maximum absolute atomic E-state index is 3.33. The fourth-order valence-electron chi connectivity index (χ4n) is 1.83. The molecule has 0 amide bonds. The van der Waals surface area contributed by atoms with Crippen LogP contribution in [0.25, 0.3) is 0 Å². The highest BCUT2D eigenvalue weighted by molar-refractivity contribution is 4.84. The summed E-state index contributed by atoms with van der Waals surface area (Å²) in [7, 11) is 4.03. The van der Waals surface area contributed by atoms with Crippen molar-refractivity contribution < 1.29 is 0 Å². The molecule has 0 aromatic heterocycles. The van der Waals surface area contributed by atoms with Crippen molar-refractivity contribution in [3.8, 4) is 0 Å². The quantitative estimate of drug-likeness (QED) is 0.658. The minimum atomic E-state index is 0.236. The fraction of sp³-hybridized carbons (Fsp3) is 1.00. The second kappa shape index (κ2) is 4.24. The second-order valence-electron chi connectivity index (χ2n) is 5.01. The molecule has 2 heteroatoms. The van der Waals surface area contributed by atoms with Crippen molar-refractivity contribution in [2.24, 2.45) is 5.41 Å². The summed E-state index contributed by atoms with van der Waals surface area (Å²) in [6.45, 7) is 10.1. The number of nitrogens with one attached hydrogen (secondary N) is 2. The van der Waals surface area contributed by atoms with Crippen LogP contribution in [-0.2, 0) is 0 Å². The third-order valence-corrected chi connectivity index (χ3v) is 2.25. The van der Waals surface area contributed by atoms with Gasteiger partial charge < -0.3 is 10.6 Å². The van der Waals surface area contributed by atoms with Gasteiger partial charge in [-0.25, -0.2) is 0 Å². The highest BCUT2D eigenvalue weighted by Crippen LogP contribution is 2.26. The Morgan fingerprint density at radius 1 is 1.00 bits per heavy atom. The molecule has 74 valence electrons. The number of hydrogen-bond acceptors (Lipinski definition) is 2. The summed E-state index contributed by atoms with van der Waals surface area (Å²) < 4.78 is 0. The van der Waals surface area contributed by atoms with Crippen molar-refractivity contribution in [3.63, 3.8) is 0 Å². The molecule has 2 N–H and O–H groups in total. The van der Waals surface area contributed by atoms with Gasteiger partial charge in [-0.2, -0.15) is 0 Å². The van der Waals surface area contributed by atoms with Crippen LogP contribution in [0.1, 0.15) is 34.1 Å². The molecule has 0 spiro atoms. The van der Waals surface area contributed by atoms with E-state index < -0.39 is 0 Å². The molecule has 0 unspecified atom stereocenters. The van der Waals surface area contributed by atoms with Crippen molar-refractivity contribution >= 4 is 0 Å². The zero-order valence-electron chi connectivity index (χ0n) is 9.41. The van der Waals surface area contributed by atoms with Crippen LogP contribution in [0.2, 0.25) is 0 Å². The van der Waals surface area contributed by atoms with Crippen LogP contribution in [0.15, 0.2) is 0 Å². The zero-order valence-corrected chi connectivity index (χ0v) is 9.41. The molecule has 0 fully saturated rings. The summed E-state index contributed by atoms with van der Waals surface area (Å²) in [5, 5.41) is 6.55. The first-order valence-corrected chi connectivity index (χ1v) is 4.66. The van der Waals surface area contributed by atoms with Crippen LogP contribution in [0.3, 0.4) is 0 Å². The van der Waals surface area contributed by atoms with E-state index in [4.69, 9.17) is 0 Å². The molecule has 0 bridgehead atoms. The van der Waals surface area contributed by atoms with Crippen LogP contribution in [0.5, 0.6) is 0 Å². The Hall–Kier alpha value is -0.0800. The Kier molecular flexibility index (Phi) is 4.21. The third kappa shape index (κ3) is 4.73. The molecule has 0 saturated carbocycles. The Morgan fingerprint density at radius 2 is 1.50 bits per heavy atom. The summed E-state index contributed by atoms with van der Waals surface area (Å²) in [6.07, 6.45) is 1.18.